The molecule has 1 aliphatic rings. The van der Waals surface area contributed by atoms with Crippen LogP contribution in [0.2, 0.25) is 5.02 Å². The summed E-state index contributed by atoms with van der Waals surface area (Å²) < 4.78 is 8.69. The Morgan fingerprint density at radius 1 is 1.45 bits per heavy atom. The number of methoxy groups -OCH3 is 1. The van der Waals surface area contributed by atoms with E-state index in [1.165, 1.54) is 10.9 Å². The predicted octanol–water partition coefficient (Wildman–Crippen LogP) is 0.306. The zero-order chi connectivity index (χ0) is 15.7. The molecule has 0 aliphatic carbocycles. The fourth-order valence-corrected chi connectivity index (χ4v) is 2.86. The SMILES string of the molecule is CO[C@@H]1CN(C(=O)Cn2cc(Cl)cn2)C[C@H]1c1cn(C)nn1. The van der Waals surface area contributed by atoms with E-state index in [9.17, 15) is 4.79 Å². The summed E-state index contributed by atoms with van der Waals surface area (Å²) in [6.07, 6.45) is 4.92. The van der Waals surface area contributed by atoms with Crippen molar-refractivity contribution in [3.05, 3.63) is 29.3 Å². The van der Waals surface area contributed by atoms with Gasteiger partial charge < -0.3 is 9.64 Å². The van der Waals surface area contributed by atoms with Crippen LogP contribution < -0.4 is 0 Å². The second kappa shape index (κ2) is 6.05. The number of carbonyl (C=O) groups is 1. The molecule has 0 spiro atoms. The number of amides is 1. The fourth-order valence-electron chi connectivity index (χ4n) is 2.70. The molecule has 3 rings (SSSR count). The molecular formula is C13H17ClN6O2. The maximum Gasteiger partial charge on any atom is 0.244 e. The molecule has 0 saturated carbocycles. The van der Waals surface area contributed by atoms with Gasteiger partial charge in [0.2, 0.25) is 5.91 Å². The van der Waals surface area contributed by atoms with Crippen LogP contribution >= 0.6 is 11.6 Å². The topological polar surface area (TPSA) is 78.1 Å². The molecule has 22 heavy (non-hydrogen) atoms. The predicted molar refractivity (Wildman–Crippen MR) is 78.4 cm³/mol. The number of rotatable bonds is 4. The minimum absolute atomic E-state index is 0.0202. The first kappa shape index (κ1) is 15.0. The Hall–Kier alpha value is -1.93. The van der Waals surface area contributed by atoms with E-state index in [2.05, 4.69) is 15.4 Å². The number of likely N-dealkylation sites (tertiary alicyclic amines) is 1. The van der Waals surface area contributed by atoms with Crippen molar-refractivity contribution in [3.8, 4) is 0 Å². The zero-order valence-electron chi connectivity index (χ0n) is 12.4. The highest BCUT2D eigenvalue weighted by atomic mass is 35.5. The standard InChI is InChI=1S/C13H17ClN6O2/c1-18-6-11(16-17-18)10-5-19(7-12(10)22-2)13(21)8-20-4-9(14)3-15-20/h3-4,6,10,12H,5,7-8H2,1-2H3/t10-,12+/m0/s1. The normalized spacial score (nSPS) is 21.5. The molecule has 0 unspecified atom stereocenters. The summed E-state index contributed by atoms with van der Waals surface area (Å²) in [7, 11) is 3.47. The molecule has 0 N–H and O–H groups in total. The summed E-state index contributed by atoms with van der Waals surface area (Å²) in [5, 5.41) is 12.6. The third-order valence-corrected chi connectivity index (χ3v) is 4.02. The molecule has 3 heterocycles. The molecule has 118 valence electrons. The second-order valence-corrected chi connectivity index (χ2v) is 5.79. The van der Waals surface area contributed by atoms with E-state index < -0.39 is 0 Å². The van der Waals surface area contributed by atoms with E-state index in [0.29, 0.717) is 18.1 Å². The number of hydrogen-bond donors (Lipinski definition) is 0. The molecule has 1 aliphatic heterocycles. The van der Waals surface area contributed by atoms with Crippen molar-refractivity contribution in [1.82, 2.24) is 29.7 Å². The lowest BCUT2D eigenvalue weighted by Crippen LogP contribution is -2.33. The van der Waals surface area contributed by atoms with Crippen molar-refractivity contribution >= 4 is 17.5 Å². The molecule has 0 radical (unpaired) electrons. The van der Waals surface area contributed by atoms with E-state index in [1.54, 1.807) is 22.9 Å². The van der Waals surface area contributed by atoms with Crippen LogP contribution in [0.15, 0.2) is 18.6 Å². The largest absolute Gasteiger partial charge is 0.379 e. The van der Waals surface area contributed by atoms with Crippen molar-refractivity contribution in [2.45, 2.75) is 18.6 Å². The van der Waals surface area contributed by atoms with Gasteiger partial charge in [-0.1, -0.05) is 16.8 Å². The first-order chi connectivity index (χ1) is 10.6. The van der Waals surface area contributed by atoms with E-state index in [4.69, 9.17) is 16.3 Å². The van der Waals surface area contributed by atoms with Crippen LogP contribution in [0.3, 0.4) is 0 Å². The summed E-state index contributed by atoms with van der Waals surface area (Å²) in [5.41, 5.74) is 0.840. The van der Waals surface area contributed by atoms with Gasteiger partial charge in [0.05, 0.1) is 28.9 Å². The van der Waals surface area contributed by atoms with Crippen LogP contribution in [0.4, 0.5) is 0 Å². The smallest absolute Gasteiger partial charge is 0.244 e. The number of hydrogen-bond acceptors (Lipinski definition) is 5. The van der Waals surface area contributed by atoms with E-state index in [1.807, 2.05) is 13.2 Å². The third-order valence-electron chi connectivity index (χ3n) is 3.82. The molecule has 2 aromatic heterocycles. The molecule has 0 aromatic carbocycles. The van der Waals surface area contributed by atoms with Crippen molar-refractivity contribution in [2.75, 3.05) is 20.2 Å². The molecule has 1 saturated heterocycles. The van der Waals surface area contributed by atoms with Crippen molar-refractivity contribution in [2.24, 2.45) is 7.05 Å². The summed E-state index contributed by atoms with van der Waals surface area (Å²) in [5.74, 6) is 0.0112. The highest BCUT2D eigenvalue weighted by molar-refractivity contribution is 6.30. The second-order valence-electron chi connectivity index (χ2n) is 5.35. The monoisotopic (exact) mass is 324 g/mol. The average molecular weight is 325 g/mol. The minimum Gasteiger partial charge on any atom is -0.379 e. The van der Waals surface area contributed by atoms with Gasteiger partial charge >= 0.3 is 0 Å². The fraction of sp³-hybridized carbons (Fsp3) is 0.538. The van der Waals surface area contributed by atoms with Crippen LogP contribution in [0, 0.1) is 0 Å². The number of aryl methyl sites for hydroxylation is 1. The van der Waals surface area contributed by atoms with Crippen LogP contribution in [0.5, 0.6) is 0 Å². The number of aromatic nitrogens is 5. The lowest BCUT2D eigenvalue weighted by atomic mass is 10.0. The van der Waals surface area contributed by atoms with Crippen LogP contribution in [0.1, 0.15) is 11.6 Å². The van der Waals surface area contributed by atoms with Gasteiger partial charge in [-0.3, -0.25) is 14.2 Å². The van der Waals surface area contributed by atoms with Gasteiger partial charge in [0.15, 0.2) is 0 Å². The lowest BCUT2D eigenvalue weighted by molar-refractivity contribution is -0.131. The summed E-state index contributed by atoms with van der Waals surface area (Å²) in [6.45, 7) is 1.26. The quantitative estimate of drug-likeness (QED) is 0.808. The van der Waals surface area contributed by atoms with Crippen LogP contribution in [-0.4, -0.2) is 61.9 Å². The molecule has 2 atom stereocenters. The van der Waals surface area contributed by atoms with E-state index in [-0.39, 0.29) is 24.5 Å². The molecule has 0 bridgehead atoms. The Balaban J connectivity index is 1.69. The molecule has 1 amide bonds. The van der Waals surface area contributed by atoms with Gasteiger partial charge in [0, 0.05) is 39.6 Å². The van der Waals surface area contributed by atoms with Crippen LogP contribution in [0.25, 0.3) is 0 Å². The molecule has 9 heteroatoms. The highest BCUT2D eigenvalue weighted by Crippen LogP contribution is 2.28. The number of nitrogens with zero attached hydrogens (tertiary/aromatic N) is 6. The number of carbonyl (C=O) groups excluding carboxylic acids is 1. The Kier molecular flexibility index (Phi) is 4.12. The summed E-state index contributed by atoms with van der Waals surface area (Å²) in [4.78, 5) is 14.2. The van der Waals surface area contributed by atoms with Gasteiger partial charge in [0.25, 0.3) is 0 Å². The highest BCUT2D eigenvalue weighted by Gasteiger charge is 2.37. The van der Waals surface area contributed by atoms with Crippen molar-refractivity contribution < 1.29 is 9.53 Å². The average Bonchev–Trinajstić information content (AvgIpc) is 3.18. The van der Waals surface area contributed by atoms with Crippen molar-refractivity contribution in [3.63, 3.8) is 0 Å². The third kappa shape index (κ3) is 2.97. The maximum absolute atomic E-state index is 12.4. The van der Waals surface area contributed by atoms with Crippen LogP contribution in [-0.2, 0) is 23.1 Å². The maximum atomic E-state index is 12.4. The van der Waals surface area contributed by atoms with E-state index >= 15 is 0 Å². The molecule has 2 aromatic rings. The van der Waals surface area contributed by atoms with Gasteiger partial charge in [-0.15, -0.1) is 5.10 Å². The van der Waals surface area contributed by atoms with Gasteiger partial charge in [0.1, 0.15) is 6.54 Å². The molecule has 8 nitrogen and oxygen atoms in total. The molecule has 1 fully saturated rings. The summed E-state index contributed by atoms with van der Waals surface area (Å²) >= 11 is 5.81. The molecular weight excluding hydrogens is 308 g/mol. The number of halogens is 1. The number of ether oxygens (including phenoxy) is 1. The van der Waals surface area contributed by atoms with Gasteiger partial charge in [-0.25, -0.2) is 0 Å². The van der Waals surface area contributed by atoms with Gasteiger partial charge in [-0.05, 0) is 0 Å². The van der Waals surface area contributed by atoms with Crippen molar-refractivity contribution in [1.29, 1.82) is 0 Å². The van der Waals surface area contributed by atoms with Gasteiger partial charge in [-0.2, -0.15) is 5.10 Å². The van der Waals surface area contributed by atoms with E-state index in [0.717, 1.165) is 5.69 Å². The Morgan fingerprint density at radius 3 is 2.86 bits per heavy atom. The Bertz CT molecular complexity index is 669. The lowest BCUT2D eigenvalue weighted by Gasteiger charge is -2.15. The first-order valence-electron chi connectivity index (χ1n) is 6.91. The Labute approximate surface area is 132 Å². The first-order valence-corrected chi connectivity index (χ1v) is 7.29. The Morgan fingerprint density at radius 2 is 2.27 bits per heavy atom. The zero-order valence-corrected chi connectivity index (χ0v) is 13.1. The summed E-state index contributed by atoms with van der Waals surface area (Å²) in [6, 6.07) is 0. The minimum atomic E-state index is -0.0816.